The van der Waals surface area contributed by atoms with E-state index in [1.54, 1.807) is 0 Å². The molecule has 0 aromatic heterocycles. The van der Waals surface area contributed by atoms with E-state index in [2.05, 4.69) is 10.0 Å². The summed E-state index contributed by atoms with van der Waals surface area (Å²) in [7, 11) is 0. The molecule has 150 valence electrons. The van der Waals surface area contributed by atoms with E-state index >= 15 is 0 Å². The average molecular weight is 411 g/mol. The van der Waals surface area contributed by atoms with E-state index in [1.165, 1.54) is 5.01 Å². The van der Waals surface area contributed by atoms with Crippen LogP contribution in [0.1, 0.15) is 18.4 Å². The van der Waals surface area contributed by atoms with Gasteiger partial charge in [0.05, 0.1) is 5.69 Å². The zero-order valence-electron chi connectivity index (χ0n) is 16.3. The van der Waals surface area contributed by atoms with Gasteiger partial charge >= 0.3 is 0 Å². The van der Waals surface area contributed by atoms with Crippen LogP contribution in [0.5, 0.6) is 0 Å². The molecule has 0 atom stereocenters. The van der Waals surface area contributed by atoms with Crippen LogP contribution in [0.25, 0.3) is 0 Å². The van der Waals surface area contributed by atoms with E-state index in [0.717, 1.165) is 30.0 Å². The number of carbonyl (C=O) groups excluding carboxylic acids is 2. The number of amides is 2. The molecule has 4 rings (SSSR count). The summed E-state index contributed by atoms with van der Waals surface area (Å²) in [4.78, 5) is 29.5. The minimum Gasteiger partial charge on any atom is -0.368 e. The molecule has 2 amide bonds. The summed E-state index contributed by atoms with van der Waals surface area (Å²) in [6, 6.07) is 15.3. The Bertz CT molecular complexity index is 967. The van der Waals surface area contributed by atoms with Gasteiger partial charge in [-0.3, -0.25) is 9.59 Å². The molecule has 2 aromatic carbocycles. The van der Waals surface area contributed by atoms with E-state index in [0.29, 0.717) is 36.7 Å². The number of benzene rings is 2. The first-order chi connectivity index (χ1) is 14.0. The third-order valence-corrected chi connectivity index (χ3v) is 5.60. The Labute approximate surface area is 175 Å². The number of halogens is 1. The molecule has 0 saturated carbocycles. The fourth-order valence-corrected chi connectivity index (χ4v) is 3.90. The van der Waals surface area contributed by atoms with Crippen molar-refractivity contribution in [3.8, 4) is 0 Å². The van der Waals surface area contributed by atoms with Gasteiger partial charge in [0.1, 0.15) is 5.71 Å². The van der Waals surface area contributed by atoms with Crippen molar-refractivity contribution in [3.05, 3.63) is 59.1 Å². The van der Waals surface area contributed by atoms with Gasteiger partial charge in [0.15, 0.2) is 0 Å². The Kier molecular flexibility index (Phi) is 5.53. The van der Waals surface area contributed by atoms with E-state index in [4.69, 9.17) is 11.6 Å². The Morgan fingerprint density at radius 3 is 2.48 bits per heavy atom. The number of hydrogen-bond donors (Lipinski definition) is 0. The maximum atomic E-state index is 13.0. The maximum Gasteiger partial charge on any atom is 0.270 e. The number of para-hydroxylation sites is 1. The van der Waals surface area contributed by atoms with Crippen LogP contribution in [-0.4, -0.2) is 48.6 Å². The lowest BCUT2D eigenvalue weighted by Gasteiger charge is -2.37. The molecule has 0 radical (unpaired) electrons. The highest BCUT2D eigenvalue weighted by molar-refractivity contribution is 6.40. The molecule has 6 nitrogen and oxygen atoms in total. The second-order valence-corrected chi connectivity index (χ2v) is 7.73. The Hall–Kier alpha value is -2.86. The lowest BCUT2D eigenvalue weighted by Crippen LogP contribution is -2.51. The van der Waals surface area contributed by atoms with Gasteiger partial charge in [0, 0.05) is 49.7 Å². The summed E-state index contributed by atoms with van der Waals surface area (Å²) >= 11 is 6.09. The standard InChI is InChI=1S/C22H23ClN4O2/c1-16-5-2-3-8-20(16)27-21(28)10-9-19(24-27)22(29)26-13-11-25(12-14-26)18-7-4-6-17(23)15-18/h2-8,15H,9-14H2,1H3. The van der Waals surface area contributed by atoms with Gasteiger partial charge in [-0.15, -0.1) is 0 Å². The molecule has 1 saturated heterocycles. The maximum absolute atomic E-state index is 13.0. The molecule has 0 N–H and O–H groups in total. The third-order valence-electron chi connectivity index (χ3n) is 5.36. The number of piperazine rings is 1. The second kappa shape index (κ2) is 8.25. The van der Waals surface area contributed by atoms with Gasteiger partial charge in [0.25, 0.3) is 5.91 Å². The molecular weight excluding hydrogens is 388 g/mol. The van der Waals surface area contributed by atoms with Gasteiger partial charge in [-0.25, -0.2) is 5.01 Å². The Morgan fingerprint density at radius 1 is 1.00 bits per heavy atom. The number of nitrogens with zero attached hydrogens (tertiary/aromatic N) is 4. The van der Waals surface area contributed by atoms with Crippen molar-refractivity contribution < 1.29 is 9.59 Å². The van der Waals surface area contributed by atoms with E-state index < -0.39 is 0 Å². The van der Waals surface area contributed by atoms with Crippen molar-refractivity contribution in [2.24, 2.45) is 5.10 Å². The molecule has 2 aromatic rings. The highest BCUT2D eigenvalue weighted by Gasteiger charge is 2.30. The van der Waals surface area contributed by atoms with Crippen LogP contribution in [0.4, 0.5) is 11.4 Å². The van der Waals surface area contributed by atoms with Gasteiger partial charge in [-0.2, -0.15) is 5.10 Å². The summed E-state index contributed by atoms with van der Waals surface area (Å²) in [5.74, 6) is -0.163. The van der Waals surface area contributed by atoms with Gasteiger partial charge in [-0.05, 0) is 36.8 Å². The predicted molar refractivity (Wildman–Crippen MR) is 116 cm³/mol. The van der Waals surface area contributed by atoms with Crippen LogP contribution >= 0.6 is 11.6 Å². The molecule has 2 heterocycles. The molecular formula is C22H23ClN4O2. The monoisotopic (exact) mass is 410 g/mol. The fraction of sp³-hybridized carbons (Fsp3) is 0.318. The zero-order valence-corrected chi connectivity index (χ0v) is 17.1. The summed E-state index contributed by atoms with van der Waals surface area (Å²) in [5.41, 5.74) is 3.20. The SMILES string of the molecule is Cc1ccccc1N1N=C(C(=O)N2CCN(c3cccc(Cl)c3)CC2)CCC1=O. The Balaban J connectivity index is 1.46. The summed E-state index contributed by atoms with van der Waals surface area (Å²) in [6.45, 7) is 4.63. The summed E-state index contributed by atoms with van der Waals surface area (Å²) in [6.07, 6.45) is 0.677. The van der Waals surface area contributed by atoms with Gasteiger partial charge < -0.3 is 9.80 Å². The number of carbonyl (C=O) groups is 2. The van der Waals surface area contributed by atoms with E-state index in [9.17, 15) is 9.59 Å². The summed E-state index contributed by atoms with van der Waals surface area (Å²) < 4.78 is 0. The van der Waals surface area contributed by atoms with Crippen LogP contribution in [0.3, 0.4) is 0 Å². The average Bonchev–Trinajstić information content (AvgIpc) is 2.74. The number of hydrogen-bond acceptors (Lipinski definition) is 4. The lowest BCUT2D eigenvalue weighted by atomic mass is 10.1. The molecule has 7 heteroatoms. The van der Waals surface area contributed by atoms with Crippen molar-refractivity contribution in [1.82, 2.24) is 4.90 Å². The highest BCUT2D eigenvalue weighted by atomic mass is 35.5. The third kappa shape index (κ3) is 4.12. The van der Waals surface area contributed by atoms with Crippen molar-refractivity contribution in [3.63, 3.8) is 0 Å². The number of rotatable bonds is 3. The molecule has 0 aliphatic carbocycles. The predicted octanol–water partition coefficient (Wildman–Crippen LogP) is 3.48. The fourth-order valence-electron chi connectivity index (χ4n) is 3.72. The van der Waals surface area contributed by atoms with Crippen molar-refractivity contribution in [2.45, 2.75) is 19.8 Å². The number of hydrazone groups is 1. The van der Waals surface area contributed by atoms with Crippen LogP contribution in [0, 0.1) is 6.92 Å². The topological polar surface area (TPSA) is 56.2 Å². The van der Waals surface area contributed by atoms with Crippen LogP contribution in [-0.2, 0) is 9.59 Å². The van der Waals surface area contributed by atoms with E-state index in [-0.39, 0.29) is 11.8 Å². The molecule has 0 spiro atoms. The molecule has 29 heavy (non-hydrogen) atoms. The first-order valence-electron chi connectivity index (χ1n) is 9.79. The largest absolute Gasteiger partial charge is 0.368 e. The zero-order chi connectivity index (χ0) is 20.4. The molecule has 2 aliphatic rings. The number of aryl methyl sites for hydroxylation is 1. The van der Waals surface area contributed by atoms with Gasteiger partial charge in [-0.1, -0.05) is 35.9 Å². The van der Waals surface area contributed by atoms with Crippen molar-refractivity contribution in [1.29, 1.82) is 0 Å². The summed E-state index contributed by atoms with van der Waals surface area (Å²) in [5, 5.41) is 6.53. The van der Waals surface area contributed by atoms with Crippen molar-refractivity contribution >= 4 is 40.5 Å². The Morgan fingerprint density at radius 2 is 1.76 bits per heavy atom. The van der Waals surface area contributed by atoms with Gasteiger partial charge in [0.2, 0.25) is 5.91 Å². The van der Waals surface area contributed by atoms with Crippen LogP contribution in [0.15, 0.2) is 53.6 Å². The smallest absolute Gasteiger partial charge is 0.270 e. The normalized spacial score (nSPS) is 17.4. The number of anilines is 2. The van der Waals surface area contributed by atoms with Crippen molar-refractivity contribution in [2.75, 3.05) is 36.1 Å². The van der Waals surface area contributed by atoms with Crippen LogP contribution < -0.4 is 9.91 Å². The highest BCUT2D eigenvalue weighted by Crippen LogP contribution is 2.25. The molecule has 0 unspecified atom stereocenters. The first kappa shape index (κ1) is 19.5. The molecule has 2 aliphatic heterocycles. The second-order valence-electron chi connectivity index (χ2n) is 7.30. The molecule has 1 fully saturated rings. The minimum atomic E-state index is -0.0818. The van der Waals surface area contributed by atoms with E-state index in [1.807, 2.05) is 60.4 Å². The molecule has 0 bridgehead atoms. The first-order valence-corrected chi connectivity index (χ1v) is 10.2. The quantitative estimate of drug-likeness (QED) is 0.778. The van der Waals surface area contributed by atoms with Crippen LogP contribution in [0.2, 0.25) is 5.02 Å². The minimum absolute atomic E-state index is 0.0816. The lowest BCUT2D eigenvalue weighted by molar-refractivity contribution is -0.124.